The monoisotopic (exact) mass is 204 g/mol. The molecule has 0 heterocycles. The fourth-order valence-corrected chi connectivity index (χ4v) is 1.03. The largest absolute Gasteiger partial charge is 0.282 e. The normalized spacial score (nSPS) is 8.64. The Hall–Kier alpha value is -1.53. The molecule has 0 atom stereocenters. The molecular weight excluding hydrogens is 196 g/mol. The Morgan fingerprint density at radius 1 is 1.21 bits per heavy atom. The summed E-state index contributed by atoms with van der Waals surface area (Å²) in [6, 6.07) is 9.07. The first-order chi connectivity index (χ1) is 6.74. The van der Waals surface area contributed by atoms with Gasteiger partial charge in [0, 0.05) is 5.56 Å². The number of ketones is 1. The van der Waals surface area contributed by atoms with Crippen LogP contribution in [0, 0.1) is 11.8 Å². The Morgan fingerprint density at radius 3 is 2.43 bits per heavy atom. The molecule has 3 heteroatoms. The second kappa shape index (κ2) is 5.25. The lowest BCUT2D eigenvalue weighted by Gasteiger charge is -1.86. The number of thioether (sulfide) groups is 1. The van der Waals surface area contributed by atoms with E-state index in [0.717, 1.165) is 17.3 Å². The fourth-order valence-electron chi connectivity index (χ4n) is 0.794. The van der Waals surface area contributed by atoms with E-state index < -0.39 is 10.9 Å². The molecule has 0 amide bonds. The van der Waals surface area contributed by atoms with Crippen LogP contribution in [0.15, 0.2) is 30.3 Å². The summed E-state index contributed by atoms with van der Waals surface area (Å²) < 4.78 is 0. The summed E-state index contributed by atoms with van der Waals surface area (Å²) in [5, 5.41) is -0.520. The lowest BCUT2D eigenvalue weighted by Crippen LogP contribution is -2.05. The summed E-state index contributed by atoms with van der Waals surface area (Å²) in [5.74, 6) is 4.26. The highest BCUT2D eigenvalue weighted by atomic mass is 32.2. The van der Waals surface area contributed by atoms with Gasteiger partial charge in [-0.15, -0.1) is 0 Å². The summed E-state index contributed by atoms with van der Waals surface area (Å²) in [5.41, 5.74) is 0.731. The number of carbonyl (C=O) groups is 2. The predicted molar refractivity (Wildman–Crippen MR) is 56.8 cm³/mol. The number of rotatable bonds is 1. The van der Waals surface area contributed by atoms with Gasteiger partial charge in [-0.3, -0.25) is 9.59 Å². The van der Waals surface area contributed by atoms with Gasteiger partial charge in [-0.25, -0.2) is 0 Å². The smallest absolute Gasteiger partial charge is 0.277 e. The number of hydrogen-bond acceptors (Lipinski definition) is 3. The molecule has 1 aromatic carbocycles. The van der Waals surface area contributed by atoms with Crippen molar-refractivity contribution < 1.29 is 9.59 Å². The van der Waals surface area contributed by atoms with Gasteiger partial charge in [-0.1, -0.05) is 35.9 Å². The average molecular weight is 204 g/mol. The highest BCUT2D eigenvalue weighted by molar-refractivity contribution is 8.14. The molecular formula is C11H8O2S. The molecule has 0 unspecified atom stereocenters. The minimum Gasteiger partial charge on any atom is -0.277 e. The van der Waals surface area contributed by atoms with Crippen LogP contribution in [0.4, 0.5) is 0 Å². The number of carbonyl (C=O) groups excluding carboxylic acids is 2. The first-order valence-corrected chi connectivity index (χ1v) is 5.16. The van der Waals surface area contributed by atoms with Crippen molar-refractivity contribution in [1.29, 1.82) is 0 Å². The van der Waals surface area contributed by atoms with Gasteiger partial charge in [0.25, 0.3) is 10.9 Å². The molecule has 0 saturated heterocycles. The molecule has 2 nitrogen and oxygen atoms in total. The van der Waals surface area contributed by atoms with Crippen LogP contribution in [0.25, 0.3) is 0 Å². The van der Waals surface area contributed by atoms with E-state index in [0.29, 0.717) is 0 Å². The molecule has 0 N–H and O–H groups in total. The zero-order chi connectivity index (χ0) is 10.4. The van der Waals surface area contributed by atoms with Gasteiger partial charge in [-0.2, -0.15) is 0 Å². The van der Waals surface area contributed by atoms with Crippen molar-refractivity contribution >= 4 is 22.7 Å². The molecule has 0 aromatic heterocycles. The molecule has 14 heavy (non-hydrogen) atoms. The Morgan fingerprint density at radius 2 is 1.86 bits per heavy atom. The molecule has 0 radical (unpaired) electrons. The van der Waals surface area contributed by atoms with Gasteiger partial charge in [0.05, 0.1) is 0 Å². The molecule has 0 saturated carbocycles. The van der Waals surface area contributed by atoms with Gasteiger partial charge < -0.3 is 0 Å². The molecule has 70 valence electrons. The maximum Gasteiger partial charge on any atom is 0.282 e. The van der Waals surface area contributed by atoms with Crippen molar-refractivity contribution in [2.24, 2.45) is 0 Å². The minimum absolute atomic E-state index is 0.520. The first-order valence-electron chi connectivity index (χ1n) is 3.93. The lowest BCUT2D eigenvalue weighted by atomic mass is 10.2. The summed E-state index contributed by atoms with van der Waals surface area (Å²) in [7, 11) is 0. The fraction of sp³-hybridized carbons (Fsp3) is 0.0909. The van der Waals surface area contributed by atoms with Crippen LogP contribution >= 0.6 is 11.8 Å². The first kappa shape index (κ1) is 10.6. The van der Waals surface area contributed by atoms with Gasteiger partial charge in [0.1, 0.15) is 0 Å². The van der Waals surface area contributed by atoms with Crippen molar-refractivity contribution in [3.63, 3.8) is 0 Å². The third-order valence-corrected chi connectivity index (χ3v) is 2.02. The van der Waals surface area contributed by atoms with E-state index in [1.54, 1.807) is 18.4 Å². The zero-order valence-corrected chi connectivity index (χ0v) is 8.43. The average Bonchev–Trinajstić information content (AvgIpc) is 2.26. The number of hydrogen-bond donors (Lipinski definition) is 0. The Labute approximate surface area is 86.7 Å². The summed E-state index contributed by atoms with van der Waals surface area (Å²) in [6.07, 6.45) is 1.56. The minimum atomic E-state index is -0.652. The molecule has 0 spiro atoms. The Bertz CT molecular complexity index is 398. The van der Waals surface area contributed by atoms with Crippen molar-refractivity contribution in [2.75, 3.05) is 6.26 Å². The van der Waals surface area contributed by atoms with Crippen LogP contribution in [0.1, 0.15) is 5.56 Å². The highest BCUT2D eigenvalue weighted by Crippen LogP contribution is 1.97. The Balaban J connectivity index is 2.74. The van der Waals surface area contributed by atoms with Crippen molar-refractivity contribution in [2.45, 2.75) is 0 Å². The molecule has 1 aromatic rings. The van der Waals surface area contributed by atoms with E-state index >= 15 is 0 Å². The van der Waals surface area contributed by atoms with E-state index in [2.05, 4.69) is 11.8 Å². The maximum atomic E-state index is 11.0. The number of Topliss-reactive ketones (excluding diaryl/α,β-unsaturated/α-hetero) is 1. The van der Waals surface area contributed by atoms with Crippen molar-refractivity contribution in [3.05, 3.63) is 35.9 Å². The number of benzene rings is 1. The van der Waals surface area contributed by atoms with Crippen LogP contribution in [-0.2, 0) is 9.59 Å². The van der Waals surface area contributed by atoms with Crippen LogP contribution in [0.2, 0.25) is 0 Å². The third-order valence-electron chi connectivity index (χ3n) is 1.46. The lowest BCUT2D eigenvalue weighted by molar-refractivity contribution is -0.128. The van der Waals surface area contributed by atoms with E-state index in [1.807, 2.05) is 18.2 Å². The second-order valence-electron chi connectivity index (χ2n) is 2.44. The van der Waals surface area contributed by atoms with E-state index in [-0.39, 0.29) is 0 Å². The van der Waals surface area contributed by atoms with Crippen LogP contribution in [0.3, 0.4) is 0 Å². The van der Waals surface area contributed by atoms with Crippen molar-refractivity contribution in [1.82, 2.24) is 0 Å². The topological polar surface area (TPSA) is 34.1 Å². The van der Waals surface area contributed by atoms with Gasteiger partial charge in [0.2, 0.25) is 0 Å². The summed E-state index contributed by atoms with van der Waals surface area (Å²) in [6.45, 7) is 0. The molecule has 1 rings (SSSR count). The maximum absolute atomic E-state index is 11.0. The van der Waals surface area contributed by atoms with Crippen molar-refractivity contribution in [3.8, 4) is 11.8 Å². The van der Waals surface area contributed by atoms with Crippen LogP contribution in [0.5, 0.6) is 0 Å². The zero-order valence-electron chi connectivity index (χ0n) is 7.61. The van der Waals surface area contributed by atoms with Gasteiger partial charge in [0.15, 0.2) is 0 Å². The molecule has 0 fully saturated rings. The summed E-state index contributed by atoms with van der Waals surface area (Å²) in [4.78, 5) is 21.8. The molecule has 0 aliphatic carbocycles. The van der Waals surface area contributed by atoms with E-state index in [1.165, 1.54) is 0 Å². The predicted octanol–water partition coefficient (Wildman–Crippen LogP) is 1.50. The second-order valence-corrected chi connectivity index (χ2v) is 3.22. The summed E-state index contributed by atoms with van der Waals surface area (Å²) >= 11 is 0.877. The van der Waals surface area contributed by atoms with E-state index in [4.69, 9.17) is 0 Å². The SMILES string of the molecule is CSC(=O)C(=O)C#Cc1ccccc1. The van der Waals surface area contributed by atoms with E-state index in [9.17, 15) is 9.59 Å². The van der Waals surface area contributed by atoms with Gasteiger partial charge >= 0.3 is 0 Å². The molecule has 0 bridgehead atoms. The van der Waals surface area contributed by atoms with Crippen LogP contribution < -0.4 is 0 Å². The molecule has 0 aliphatic heterocycles. The quantitative estimate of drug-likeness (QED) is 0.513. The standard InChI is InChI=1S/C11H8O2S/c1-14-11(13)10(12)8-7-9-5-3-2-4-6-9/h2-6H,1H3. The Kier molecular flexibility index (Phi) is 3.96. The van der Waals surface area contributed by atoms with Crippen LogP contribution in [-0.4, -0.2) is 17.2 Å². The highest BCUT2D eigenvalue weighted by Gasteiger charge is 2.07. The van der Waals surface area contributed by atoms with Gasteiger partial charge in [-0.05, 0) is 24.3 Å². The molecule has 0 aliphatic rings. The third kappa shape index (κ3) is 3.08.